The monoisotopic (exact) mass is 338 g/mol. The zero-order valence-corrected chi connectivity index (χ0v) is 12.5. The van der Waals surface area contributed by atoms with Gasteiger partial charge in [0.05, 0.1) is 23.4 Å². The fourth-order valence-electron chi connectivity index (χ4n) is 5.15. The summed E-state index contributed by atoms with van der Waals surface area (Å²) in [6.45, 7) is 0. The van der Waals surface area contributed by atoms with Crippen molar-refractivity contribution in [2.75, 3.05) is 0 Å². The lowest BCUT2D eigenvalue weighted by Crippen LogP contribution is -2.37. The molecule has 1 spiro atoms. The number of nitrogens with zero attached hydrogens (tertiary/aromatic N) is 1. The second-order valence-corrected chi connectivity index (χ2v) is 7.11. The Balaban J connectivity index is 1.91. The zero-order valence-electron chi connectivity index (χ0n) is 12.5. The molecular weight excluding hydrogens is 324 g/mol. The van der Waals surface area contributed by atoms with Gasteiger partial charge in [0, 0.05) is 16.4 Å². The number of H-pyrrole nitrogens is 1. The summed E-state index contributed by atoms with van der Waals surface area (Å²) in [5.74, 6) is -0.530. The number of nitrogens with one attached hydrogen (secondary N) is 1. The van der Waals surface area contributed by atoms with Crippen LogP contribution >= 0.6 is 0 Å². The Bertz CT molecular complexity index is 900. The predicted molar refractivity (Wildman–Crippen MR) is 78.7 cm³/mol. The molecule has 2 aromatic rings. The molecular formula is C17H14F4N2O. The first-order chi connectivity index (χ1) is 11.3. The van der Waals surface area contributed by atoms with Crippen molar-refractivity contribution < 1.29 is 22.7 Å². The van der Waals surface area contributed by atoms with E-state index in [2.05, 4.69) is 10.2 Å². The molecule has 3 unspecified atom stereocenters. The van der Waals surface area contributed by atoms with Crippen LogP contribution in [-0.2, 0) is 0 Å². The van der Waals surface area contributed by atoms with Gasteiger partial charge in [-0.15, -0.1) is 0 Å². The Kier molecular flexibility index (Phi) is 2.53. The number of aromatic nitrogens is 2. The predicted octanol–water partition coefficient (Wildman–Crippen LogP) is 4.06. The maximum absolute atomic E-state index is 15.5. The van der Waals surface area contributed by atoms with Gasteiger partial charge >= 0.3 is 6.18 Å². The fraction of sp³-hybridized carbons (Fsp3) is 0.471. The molecule has 4 atom stereocenters. The van der Waals surface area contributed by atoms with Crippen molar-refractivity contribution in [3.63, 3.8) is 0 Å². The van der Waals surface area contributed by atoms with Crippen molar-refractivity contribution in [2.24, 2.45) is 11.3 Å². The number of fused-ring (bicyclic) bond motifs is 5. The number of benzene rings is 1. The van der Waals surface area contributed by atoms with E-state index in [1.807, 2.05) is 0 Å². The number of aromatic amines is 1. The van der Waals surface area contributed by atoms with E-state index in [9.17, 15) is 18.3 Å². The highest BCUT2D eigenvalue weighted by Crippen LogP contribution is 2.70. The summed E-state index contributed by atoms with van der Waals surface area (Å²) in [5, 5.41) is 17.5. The first kappa shape index (κ1) is 14.5. The second kappa shape index (κ2) is 4.20. The van der Waals surface area contributed by atoms with Gasteiger partial charge in [-0.25, -0.2) is 4.39 Å². The number of hydrogen-bond donors (Lipinski definition) is 2. The smallest absolute Gasteiger partial charge is 0.388 e. The average Bonchev–Trinajstić information content (AvgIpc) is 3.18. The zero-order chi connectivity index (χ0) is 16.9. The molecule has 126 valence electrons. The molecule has 3 aliphatic rings. The van der Waals surface area contributed by atoms with E-state index in [0.717, 1.165) is 0 Å². The van der Waals surface area contributed by atoms with Crippen LogP contribution in [0, 0.1) is 11.3 Å². The summed E-state index contributed by atoms with van der Waals surface area (Å²) < 4.78 is 56.7. The Hall–Kier alpha value is -1.89. The maximum atomic E-state index is 15.5. The van der Waals surface area contributed by atoms with Gasteiger partial charge in [0.15, 0.2) is 0 Å². The maximum Gasteiger partial charge on any atom is 0.415 e. The molecule has 0 radical (unpaired) electrons. The number of hydrogen-bond acceptors (Lipinski definition) is 2. The minimum atomic E-state index is -4.67. The fourth-order valence-corrected chi connectivity index (χ4v) is 5.15. The molecule has 0 aliphatic heterocycles. The van der Waals surface area contributed by atoms with Gasteiger partial charge in [0.2, 0.25) is 0 Å². The summed E-state index contributed by atoms with van der Waals surface area (Å²) in [6, 6.07) is 3.16. The highest BCUT2D eigenvalue weighted by molar-refractivity contribution is 5.94. The Morgan fingerprint density at radius 1 is 1.29 bits per heavy atom. The average molecular weight is 338 g/mol. The van der Waals surface area contributed by atoms with Crippen LogP contribution in [0.3, 0.4) is 0 Å². The third-order valence-corrected chi connectivity index (χ3v) is 6.08. The minimum Gasteiger partial charge on any atom is -0.388 e. The van der Waals surface area contributed by atoms with Gasteiger partial charge in [0.1, 0.15) is 6.17 Å². The number of halogens is 4. The van der Waals surface area contributed by atoms with Gasteiger partial charge in [-0.1, -0.05) is 6.07 Å². The van der Waals surface area contributed by atoms with Crippen molar-refractivity contribution in [1.82, 2.24) is 10.2 Å². The summed E-state index contributed by atoms with van der Waals surface area (Å²) in [7, 11) is 0. The molecule has 1 aromatic heterocycles. The van der Waals surface area contributed by atoms with Crippen LogP contribution in [0.15, 0.2) is 23.9 Å². The number of allylic oxidation sites excluding steroid dienone is 1. The largest absolute Gasteiger partial charge is 0.415 e. The van der Waals surface area contributed by atoms with Crippen LogP contribution in [0.4, 0.5) is 17.6 Å². The second-order valence-electron chi connectivity index (χ2n) is 7.11. The lowest BCUT2D eigenvalue weighted by molar-refractivity contribution is -0.111. The third-order valence-electron chi connectivity index (χ3n) is 6.08. The van der Waals surface area contributed by atoms with Crippen LogP contribution in [0.2, 0.25) is 0 Å². The lowest BCUT2D eigenvalue weighted by atomic mass is 9.69. The molecule has 7 heteroatoms. The first-order valence-corrected chi connectivity index (χ1v) is 7.95. The summed E-state index contributed by atoms with van der Waals surface area (Å²) >= 11 is 0. The third kappa shape index (κ3) is 1.49. The summed E-state index contributed by atoms with van der Waals surface area (Å²) in [6.07, 6.45) is -5.28. The molecule has 1 fully saturated rings. The van der Waals surface area contributed by atoms with Gasteiger partial charge in [-0.05, 0) is 42.4 Å². The van der Waals surface area contributed by atoms with Crippen LogP contribution < -0.4 is 0 Å². The Labute approximate surface area is 134 Å². The lowest BCUT2D eigenvalue weighted by Gasteiger charge is -2.37. The molecule has 2 bridgehead atoms. The summed E-state index contributed by atoms with van der Waals surface area (Å²) in [5.41, 5.74) is -0.961. The molecule has 1 saturated carbocycles. The minimum absolute atomic E-state index is 0.0261. The van der Waals surface area contributed by atoms with E-state index in [-0.39, 0.29) is 23.1 Å². The molecule has 3 nitrogen and oxygen atoms in total. The van der Waals surface area contributed by atoms with Crippen molar-refractivity contribution >= 4 is 16.5 Å². The molecule has 1 aromatic carbocycles. The van der Waals surface area contributed by atoms with Gasteiger partial charge in [0.25, 0.3) is 0 Å². The topological polar surface area (TPSA) is 48.9 Å². The normalized spacial score (nSPS) is 34.8. The van der Waals surface area contributed by atoms with Crippen LogP contribution in [0.5, 0.6) is 0 Å². The SMILES string of the molecule is OC1C(C(F)(F)F)=C2c3ccc4[nH]ncc4c3[C@H](F)C23CCC1C3. The number of aliphatic hydroxyl groups excluding tert-OH is 1. The van der Waals surface area contributed by atoms with Crippen molar-refractivity contribution in [2.45, 2.75) is 37.7 Å². The Morgan fingerprint density at radius 2 is 2.08 bits per heavy atom. The van der Waals surface area contributed by atoms with Crippen LogP contribution in [-0.4, -0.2) is 27.6 Å². The first-order valence-electron chi connectivity index (χ1n) is 7.95. The van der Waals surface area contributed by atoms with Crippen molar-refractivity contribution in [3.8, 4) is 0 Å². The van der Waals surface area contributed by atoms with Gasteiger partial charge in [-0.3, -0.25) is 5.10 Å². The Morgan fingerprint density at radius 3 is 2.83 bits per heavy atom. The van der Waals surface area contributed by atoms with Gasteiger partial charge in [-0.2, -0.15) is 18.3 Å². The number of alkyl halides is 4. The van der Waals surface area contributed by atoms with E-state index < -0.39 is 35.4 Å². The molecule has 0 amide bonds. The molecule has 5 rings (SSSR count). The quantitative estimate of drug-likeness (QED) is 0.712. The molecule has 1 heterocycles. The van der Waals surface area contributed by atoms with Crippen molar-refractivity contribution in [1.29, 1.82) is 0 Å². The van der Waals surface area contributed by atoms with E-state index in [0.29, 0.717) is 23.7 Å². The van der Waals surface area contributed by atoms with Crippen molar-refractivity contribution in [3.05, 3.63) is 35.0 Å². The molecule has 0 saturated heterocycles. The van der Waals surface area contributed by atoms with Crippen LogP contribution in [0.25, 0.3) is 16.5 Å². The van der Waals surface area contributed by atoms with E-state index in [1.165, 1.54) is 12.3 Å². The molecule has 24 heavy (non-hydrogen) atoms. The van der Waals surface area contributed by atoms with Crippen LogP contribution in [0.1, 0.15) is 36.6 Å². The highest BCUT2D eigenvalue weighted by Gasteiger charge is 2.63. The van der Waals surface area contributed by atoms with Gasteiger partial charge < -0.3 is 5.11 Å². The summed E-state index contributed by atoms with van der Waals surface area (Å²) in [4.78, 5) is 0. The number of rotatable bonds is 0. The van der Waals surface area contributed by atoms with E-state index in [1.54, 1.807) is 6.07 Å². The number of aliphatic hydroxyl groups is 1. The standard InChI is InChI=1S/C17H14F4N2O/c18-15-11-8(1-2-10-9(11)6-22-23-10)12-13(17(19,20)21)14(24)7-3-4-16(12,15)5-7/h1-2,6-7,14-15,24H,3-5H2,(H,22,23)/t7?,14?,15-,16?/m0/s1. The highest BCUT2D eigenvalue weighted by atomic mass is 19.4. The molecule has 3 aliphatic carbocycles. The van der Waals surface area contributed by atoms with E-state index >= 15 is 4.39 Å². The molecule has 2 N–H and O–H groups in total. The van der Waals surface area contributed by atoms with E-state index in [4.69, 9.17) is 0 Å².